The van der Waals surface area contributed by atoms with Crippen LogP contribution in [0.1, 0.15) is 33.1 Å². The number of likely N-dealkylation sites (N-methyl/N-ethyl adjacent to an activating group) is 2. The lowest BCUT2D eigenvalue weighted by Crippen LogP contribution is -2.47. The average Bonchev–Trinajstić information content (AvgIpc) is 2.86. The van der Waals surface area contributed by atoms with Gasteiger partial charge in [0.1, 0.15) is 6.54 Å². The highest BCUT2D eigenvalue weighted by molar-refractivity contribution is 5.84. The van der Waals surface area contributed by atoms with E-state index in [1.54, 1.807) is 4.90 Å². The Labute approximate surface area is 127 Å². The summed E-state index contributed by atoms with van der Waals surface area (Å²) in [7, 11) is 0. The predicted octanol–water partition coefficient (Wildman–Crippen LogP) is 0.735. The highest BCUT2D eigenvalue weighted by atomic mass is 16.2. The molecule has 0 aliphatic carbocycles. The highest BCUT2D eigenvalue weighted by Gasteiger charge is 2.26. The number of amides is 3. The monoisotopic (exact) mass is 296 g/mol. The Kier molecular flexibility index (Phi) is 5.85. The molecule has 0 aromatic carbocycles. The standard InChI is InChI=1S/C15H28N4O2/c1-3-17-8-5-7-13(17)11-16-15(21)19-10-6-9-18(4-2)14(20)12-19/h13H,3-12H2,1-2H3,(H,16,21)/t13-/m0/s1. The summed E-state index contributed by atoms with van der Waals surface area (Å²) in [5.41, 5.74) is 0. The summed E-state index contributed by atoms with van der Waals surface area (Å²) >= 11 is 0. The van der Waals surface area contributed by atoms with Gasteiger partial charge in [-0.25, -0.2) is 4.79 Å². The van der Waals surface area contributed by atoms with Gasteiger partial charge in [0, 0.05) is 32.2 Å². The molecule has 6 heteroatoms. The second kappa shape index (κ2) is 7.64. The van der Waals surface area contributed by atoms with E-state index >= 15 is 0 Å². The first-order valence-corrected chi connectivity index (χ1v) is 8.20. The van der Waals surface area contributed by atoms with E-state index in [0.29, 0.717) is 19.1 Å². The topological polar surface area (TPSA) is 55.9 Å². The van der Waals surface area contributed by atoms with Crippen molar-refractivity contribution in [3.05, 3.63) is 0 Å². The number of rotatable bonds is 4. The van der Waals surface area contributed by atoms with Crippen molar-refractivity contribution in [2.24, 2.45) is 0 Å². The van der Waals surface area contributed by atoms with Gasteiger partial charge in [0.05, 0.1) is 0 Å². The molecule has 0 saturated carbocycles. The van der Waals surface area contributed by atoms with Crippen LogP contribution in [0.25, 0.3) is 0 Å². The molecule has 120 valence electrons. The number of urea groups is 1. The van der Waals surface area contributed by atoms with Gasteiger partial charge in [-0.3, -0.25) is 9.69 Å². The Balaban J connectivity index is 1.81. The molecule has 2 aliphatic heterocycles. The first-order valence-electron chi connectivity index (χ1n) is 8.20. The van der Waals surface area contributed by atoms with E-state index in [0.717, 1.165) is 39.0 Å². The molecule has 0 aromatic rings. The van der Waals surface area contributed by atoms with Crippen LogP contribution in [-0.4, -0.2) is 78.5 Å². The zero-order valence-corrected chi connectivity index (χ0v) is 13.3. The summed E-state index contributed by atoms with van der Waals surface area (Å²) in [5.74, 6) is 0.0567. The lowest BCUT2D eigenvalue weighted by Gasteiger charge is -2.25. The van der Waals surface area contributed by atoms with Crippen molar-refractivity contribution >= 4 is 11.9 Å². The Bertz CT molecular complexity index is 375. The first kappa shape index (κ1) is 16.1. The molecule has 2 saturated heterocycles. The minimum atomic E-state index is -0.0933. The number of likely N-dealkylation sites (tertiary alicyclic amines) is 1. The molecule has 6 nitrogen and oxygen atoms in total. The van der Waals surface area contributed by atoms with Crippen LogP contribution in [0, 0.1) is 0 Å². The van der Waals surface area contributed by atoms with Crippen molar-refractivity contribution in [2.45, 2.75) is 39.2 Å². The fourth-order valence-corrected chi connectivity index (χ4v) is 3.29. The van der Waals surface area contributed by atoms with Crippen LogP contribution in [0.4, 0.5) is 4.79 Å². The maximum atomic E-state index is 12.3. The lowest BCUT2D eigenvalue weighted by molar-refractivity contribution is -0.130. The average molecular weight is 296 g/mol. The number of carbonyl (C=O) groups is 2. The third-order valence-electron chi connectivity index (χ3n) is 4.60. The van der Waals surface area contributed by atoms with Gasteiger partial charge in [-0.2, -0.15) is 0 Å². The first-order chi connectivity index (χ1) is 10.2. The third kappa shape index (κ3) is 4.09. The summed E-state index contributed by atoms with van der Waals surface area (Å²) in [6.45, 7) is 9.35. The largest absolute Gasteiger partial charge is 0.341 e. The Morgan fingerprint density at radius 2 is 2.00 bits per heavy atom. The molecular weight excluding hydrogens is 268 g/mol. The number of nitrogens with zero attached hydrogens (tertiary/aromatic N) is 3. The number of nitrogens with one attached hydrogen (secondary N) is 1. The normalized spacial score (nSPS) is 24.3. The molecule has 3 amide bonds. The molecule has 0 unspecified atom stereocenters. The molecule has 2 aliphatic rings. The molecular formula is C15H28N4O2. The van der Waals surface area contributed by atoms with Crippen LogP contribution in [-0.2, 0) is 4.79 Å². The zero-order chi connectivity index (χ0) is 15.2. The zero-order valence-electron chi connectivity index (χ0n) is 13.3. The fraction of sp³-hybridized carbons (Fsp3) is 0.867. The Morgan fingerprint density at radius 1 is 1.19 bits per heavy atom. The van der Waals surface area contributed by atoms with E-state index in [1.165, 1.54) is 6.42 Å². The second-order valence-corrected chi connectivity index (χ2v) is 5.86. The minimum absolute atomic E-state index is 0.0567. The maximum absolute atomic E-state index is 12.3. The van der Waals surface area contributed by atoms with Crippen LogP contribution in [0.15, 0.2) is 0 Å². The van der Waals surface area contributed by atoms with E-state index in [9.17, 15) is 9.59 Å². The van der Waals surface area contributed by atoms with Crippen molar-refractivity contribution in [3.63, 3.8) is 0 Å². The quantitative estimate of drug-likeness (QED) is 0.832. The summed E-state index contributed by atoms with van der Waals surface area (Å²) in [5, 5.41) is 3.01. The minimum Gasteiger partial charge on any atom is -0.341 e. The van der Waals surface area contributed by atoms with E-state index in [-0.39, 0.29) is 18.5 Å². The number of hydrogen-bond acceptors (Lipinski definition) is 3. The van der Waals surface area contributed by atoms with E-state index < -0.39 is 0 Å². The van der Waals surface area contributed by atoms with Gasteiger partial charge in [-0.1, -0.05) is 6.92 Å². The maximum Gasteiger partial charge on any atom is 0.317 e. The van der Waals surface area contributed by atoms with E-state index in [4.69, 9.17) is 0 Å². The van der Waals surface area contributed by atoms with Crippen LogP contribution >= 0.6 is 0 Å². The van der Waals surface area contributed by atoms with Gasteiger partial charge >= 0.3 is 6.03 Å². The molecule has 21 heavy (non-hydrogen) atoms. The SMILES string of the molecule is CCN1CCCN(C(=O)NC[C@@H]2CCCN2CC)CC1=O. The van der Waals surface area contributed by atoms with Gasteiger partial charge in [-0.15, -0.1) is 0 Å². The van der Waals surface area contributed by atoms with Crippen molar-refractivity contribution in [1.82, 2.24) is 20.0 Å². The predicted molar refractivity (Wildman–Crippen MR) is 82.1 cm³/mol. The van der Waals surface area contributed by atoms with Gasteiger partial charge in [-0.05, 0) is 39.3 Å². The molecule has 0 spiro atoms. The summed E-state index contributed by atoms with van der Waals surface area (Å²) in [4.78, 5) is 30.2. The third-order valence-corrected chi connectivity index (χ3v) is 4.60. The fourth-order valence-electron chi connectivity index (χ4n) is 3.29. The Morgan fingerprint density at radius 3 is 2.71 bits per heavy atom. The molecule has 0 bridgehead atoms. The molecule has 0 aromatic heterocycles. The van der Waals surface area contributed by atoms with Crippen molar-refractivity contribution < 1.29 is 9.59 Å². The van der Waals surface area contributed by atoms with Gasteiger partial charge in [0.15, 0.2) is 0 Å². The van der Waals surface area contributed by atoms with Crippen molar-refractivity contribution in [1.29, 1.82) is 0 Å². The molecule has 2 rings (SSSR count). The van der Waals surface area contributed by atoms with Crippen molar-refractivity contribution in [2.75, 3.05) is 45.8 Å². The second-order valence-electron chi connectivity index (χ2n) is 5.86. The molecule has 1 N–H and O–H groups in total. The highest BCUT2D eigenvalue weighted by Crippen LogP contribution is 2.15. The van der Waals surface area contributed by atoms with Crippen LogP contribution < -0.4 is 5.32 Å². The van der Waals surface area contributed by atoms with E-state index in [1.807, 2.05) is 11.8 Å². The van der Waals surface area contributed by atoms with Gasteiger partial charge < -0.3 is 15.1 Å². The molecule has 2 fully saturated rings. The van der Waals surface area contributed by atoms with Gasteiger partial charge in [0.2, 0.25) is 5.91 Å². The van der Waals surface area contributed by atoms with Crippen LogP contribution in [0.5, 0.6) is 0 Å². The summed E-state index contributed by atoms with van der Waals surface area (Å²) < 4.78 is 0. The lowest BCUT2D eigenvalue weighted by atomic mass is 10.2. The van der Waals surface area contributed by atoms with Crippen LogP contribution in [0.3, 0.4) is 0 Å². The molecule has 1 atom stereocenters. The van der Waals surface area contributed by atoms with Crippen LogP contribution in [0.2, 0.25) is 0 Å². The summed E-state index contributed by atoms with van der Waals surface area (Å²) in [6.07, 6.45) is 3.22. The molecule has 0 radical (unpaired) electrons. The summed E-state index contributed by atoms with van der Waals surface area (Å²) in [6, 6.07) is 0.359. The van der Waals surface area contributed by atoms with Crippen molar-refractivity contribution in [3.8, 4) is 0 Å². The Hall–Kier alpha value is -1.30. The number of carbonyl (C=O) groups excluding carboxylic acids is 2. The smallest absolute Gasteiger partial charge is 0.317 e. The van der Waals surface area contributed by atoms with E-state index in [2.05, 4.69) is 17.1 Å². The molecule has 2 heterocycles. The number of hydrogen-bond donors (Lipinski definition) is 1. The van der Waals surface area contributed by atoms with Gasteiger partial charge in [0.25, 0.3) is 0 Å².